The number of carboxylic acid groups (broad SMARTS) is 1. The molecule has 0 bridgehead atoms. The van der Waals surface area contributed by atoms with Crippen molar-refractivity contribution in [2.75, 3.05) is 34.4 Å². The zero-order chi connectivity index (χ0) is 24.0. The van der Waals surface area contributed by atoms with Crippen LogP contribution in [-0.2, 0) is 33.3 Å². The number of alkyl halides is 3. The first-order valence-electron chi connectivity index (χ1n) is 9.04. The number of nitrogens with one attached hydrogen (secondary N) is 1. The van der Waals surface area contributed by atoms with Crippen molar-refractivity contribution >= 4 is 18.0 Å². The SMILES string of the molecule is COCO[C@H]1[C@H](OCOC)[C@H](NC(=O)C(F)(F)F)N(C(=O)OC(C)(C)C)C[C@H]1C(=O)O. The minimum Gasteiger partial charge on any atom is -0.481 e. The molecule has 0 radical (unpaired) electrons. The molecule has 11 nitrogen and oxygen atoms in total. The lowest BCUT2D eigenvalue weighted by Crippen LogP contribution is -2.69. The molecule has 1 aliphatic rings. The van der Waals surface area contributed by atoms with E-state index < -0.39 is 74.2 Å². The van der Waals surface area contributed by atoms with Crippen LogP contribution in [0.15, 0.2) is 0 Å². The normalized spacial score (nSPS) is 24.6. The summed E-state index contributed by atoms with van der Waals surface area (Å²) in [7, 11) is 2.47. The molecule has 2 amide bonds. The summed E-state index contributed by atoms with van der Waals surface area (Å²) in [5.41, 5.74) is -1.05. The highest BCUT2D eigenvalue weighted by Crippen LogP contribution is 2.30. The van der Waals surface area contributed by atoms with E-state index in [-0.39, 0.29) is 0 Å². The molecule has 0 aromatic carbocycles. The molecule has 31 heavy (non-hydrogen) atoms. The molecule has 1 aliphatic heterocycles. The van der Waals surface area contributed by atoms with E-state index in [1.54, 1.807) is 5.32 Å². The third-order valence-corrected chi connectivity index (χ3v) is 4.00. The molecule has 0 spiro atoms. The molecule has 14 heteroatoms. The number of carboxylic acids is 1. The van der Waals surface area contributed by atoms with Gasteiger partial charge in [-0.3, -0.25) is 14.5 Å². The average Bonchev–Trinajstić information content (AvgIpc) is 2.62. The lowest BCUT2D eigenvalue weighted by molar-refractivity contribution is -0.219. The number of hydrogen-bond acceptors (Lipinski definition) is 8. The number of halogens is 3. The summed E-state index contributed by atoms with van der Waals surface area (Å²) in [6.45, 7) is 2.98. The number of methoxy groups -OCH3 is 2. The summed E-state index contributed by atoms with van der Waals surface area (Å²) in [6.07, 6.45) is -11.2. The van der Waals surface area contributed by atoms with Crippen LogP contribution in [-0.4, -0.2) is 92.5 Å². The number of rotatable bonds is 8. The van der Waals surface area contributed by atoms with Gasteiger partial charge >= 0.3 is 24.1 Å². The van der Waals surface area contributed by atoms with Crippen LogP contribution < -0.4 is 5.32 Å². The van der Waals surface area contributed by atoms with E-state index in [1.165, 1.54) is 35.0 Å². The number of carbonyl (C=O) groups is 3. The first-order valence-corrected chi connectivity index (χ1v) is 9.04. The molecule has 2 N–H and O–H groups in total. The summed E-state index contributed by atoms with van der Waals surface area (Å²) in [5, 5.41) is 11.3. The molecular weight excluding hydrogens is 433 g/mol. The van der Waals surface area contributed by atoms with Crippen LogP contribution in [0.25, 0.3) is 0 Å². The highest BCUT2D eigenvalue weighted by atomic mass is 19.4. The molecule has 0 aliphatic carbocycles. The van der Waals surface area contributed by atoms with Crippen molar-refractivity contribution in [3.05, 3.63) is 0 Å². The number of aliphatic carboxylic acids is 1. The molecule has 1 saturated heterocycles. The fourth-order valence-electron chi connectivity index (χ4n) is 2.81. The van der Waals surface area contributed by atoms with Gasteiger partial charge in [-0.15, -0.1) is 0 Å². The van der Waals surface area contributed by atoms with Crippen molar-refractivity contribution in [2.45, 2.75) is 50.9 Å². The molecule has 1 fully saturated rings. The molecule has 0 saturated carbocycles. The van der Waals surface area contributed by atoms with E-state index in [4.69, 9.17) is 23.7 Å². The van der Waals surface area contributed by atoms with E-state index in [0.717, 1.165) is 0 Å². The lowest BCUT2D eigenvalue weighted by Gasteiger charge is -2.47. The Bertz CT molecular complexity index is 639. The zero-order valence-electron chi connectivity index (χ0n) is 17.7. The largest absolute Gasteiger partial charge is 0.481 e. The molecule has 4 atom stereocenters. The van der Waals surface area contributed by atoms with E-state index in [1.807, 2.05) is 0 Å². The van der Waals surface area contributed by atoms with Gasteiger partial charge in [-0.05, 0) is 20.8 Å². The highest BCUT2D eigenvalue weighted by molar-refractivity contribution is 5.83. The van der Waals surface area contributed by atoms with E-state index in [2.05, 4.69) is 0 Å². The maximum absolute atomic E-state index is 12.9. The second kappa shape index (κ2) is 10.9. The number of amides is 2. The van der Waals surface area contributed by atoms with Gasteiger partial charge in [0.1, 0.15) is 43.5 Å². The third kappa shape index (κ3) is 7.79. The Morgan fingerprint density at radius 2 is 1.55 bits per heavy atom. The standard InChI is InChI=1S/C17H27F3N2O9/c1-16(2,3)31-15(26)22-6-9(13(23)24)10(29-7-27-4)11(30-8-28-5)12(22)21-14(25)17(18,19)20/h9-12H,6-8H2,1-5H3,(H,21,25)(H,23,24)/t9-,10-,11+,12-/m1/s1. The van der Waals surface area contributed by atoms with Crippen molar-refractivity contribution in [1.29, 1.82) is 0 Å². The Balaban J connectivity index is 3.43. The molecule has 1 heterocycles. The van der Waals surface area contributed by atoms with Gasteiger partial charge in [0.05, 0.1) is 0 Å². The van der Waals surface area contributed by atoms with Crippen molar-refractivity contribution in [1.82, 2.24) is 10.2 Å². The molecule has 180 valence electrons. The first-order chi connectivity index (χ1) is 14.2. The van der Waals surface area contributed by atoms with Gasteiger partial charge in [-0.25, -0.2) is 4.79 Å². The van der Waals surface area contributed by atoms with Gasteiger partial charge in [-0.1, -0.05) is 0 Å². The van der Waals surface area contributed by atoms with E-state index in [9.17, 15) is 32.7 Å². The molecule has 0 aromatic rings. The Hall–Kier alpha value is -2.16. The van der Waals surface area contributed by atoms with Crippen molar-refractivity contribution in [3.63, 3.8) is 0 Å². The number of hydrogen-bond donors (Lipinski definition) is 2. The highest BCUT2D eigenvalue weighted by Gasteiger charge is 2.53. The molecule has 0 unspecified atom stereocenters. The lowest BCUT2D eigenvalue weighted by atomic mass is 9.90. The maximum Gasteiger partial charge on any atom is 0.471 e. The number of carbonyl (C=O) groups excluding carboxylic acids is 2. The predicted molar refractivity (Wildman–Crippen MR) is 95.5 cm³/mol. The van der Waals surface area contributed by atoms with Gasteiger partial charge < -0.3 is 34.1 Å². The quantitative estimate of drug-likeness (QED) is 0.507. The monoisotopic (exact) mass is 460 g/mol. The van der Waals surface area contributed by atoms with E-state index in [0.29, 0.717) is 4.90 Å². The molecule has 0 aromatic heterocycles. The predicted octanol–water partition coefficient (Wildman–Crippen LogP) is 0.921. The zero-order valence-corrected chi connectivity index (χ0v) is 17.7. The minimum atomic E-state index is -5.28. The van der Waals surface area contributed by atoms with Crippen molar-refractivity contribution < 1.29 is 56.3 Å². The third-order valence-electron chi connectivity index (χ3n) is 4.00. The van der Waals surface area contributed by atoms with Gasteiger partial charge in [-0.2, -0.15) is 13.2 Å². The Kier molecular flexibility index (Phi) is 9.47. The second-order valence-corrected chi connectivity index (χ2v) is 7.57. The van der Waals surface area contributed by atoms with Crippen LogP contribution in [0.4, 0.5) is 18.0 Å². The summed E-state index contributed by atoms with van der Waals surface area (Å²) >= 11 is 0. The van der Waals surface area contributed by atoms with Gasteiger partial charge in [0.25, 0.3) is 0 Å². The van der Waals surface area contributed by atoms with Crippen LogP contribution in [0.1, 0.15) is 20.8 Å². The fourth-order valence-corrected chi connectivity index (χ4v) is 2.81. The number of ether oxygens (including phenoxy) is 5. The van der Waals surface area contributed by atoms with Crippen LogP contribution in [0.2, 0.25) is 0 Å². The number of likely N-dealkylation sites (tertiary alicyclic amines) is 1. The van der Waals surface area contributed by atoms with Crippen LogP contribution >= 0.6 is 0 Å². The number of piperidine rings is 1. The molecular formula is C17H27F3N2O9. The van der Waals surface area contributed by atoms with Gasteiger partial charge in [0.15, 0.2) is 0 Å². The number of nitrogens with zero attached hydrogens (tertiary/aromatic N) is 1. The van der Waals surface area contributed by atoms with E-state index >= 15 is 0 Å². The van der Waals surface area contributed by atoms with Gasteiger partial charge in [0.2, 0.25) is 0 Å². The summed E-state index contributed by atoms with van der Waals surface area (Å²) in [5.74, 6) is -5.22. The topological polar surface area (TPSA) is 133 Å². The summed E-state index contributed by atoms with van der Waals surface area (Å²) in [4.78, 5) is 36.8. The van der Waals surface area contributed by atoms with Crippen molar-refractivity contribution in [3.8, 4) is 0 Å². The smallest absolute Gasteiger partial charge is 0.471 e. The van der Waals surface area contributed by atoms with Crippen molar-refractivity contribution in [2.24, 2.45) is 5.92 Å². The maximum atomic E-state index is 12.9. The fraction of sp³-hybridized carbons (Fsp3) is 0.824. The molecule has 1 rings (SSSR count). The summed E-state index contributed by atoms with van der Waals surface area (Å²) in [6, 6.07) is 0. The van der Waals surface area contributed by atoms with Crippen LogP contribution in [0.3, 0.4) is 0 Å². The minimum absolute atomic E-state index is 0.423. The van der Waals surface area contributed by atoms with Crippen LogP contribution in [0, 0.1) is 5.92 Å². The Labute approximate surface area is 176 Å². The Morgan fingerprint density at radius 3 is 1.97 bits per heavy atom. The summed E-state index contributed by atoms with van der Waals surface area (Å²) < 4.78 is 64.2. The second-order valence-electron chi connectivity index (χ2n) is 7.57. The average molecular weight is 460 g/mol. The Morgan fingerprint density at radius 1 is 1.03 bits per heavy atom. The van der Waals surface area contributed by atoms with Gasteiger partial charge in [0, 0.05) is 20.8 Å². The first kappa shape index (κ1) is 26.9. The van der Waals surface area contributed by atoms with Crippen LogP contribution in [0.5, 0.6) is 0 Å².